The van der Waals surface area contributed by atoms with Gasteiger partial charge in [-0.25, -0.2) is 4.79 Å². The van der Waals surface area contributed by atoms with Gasteiger partial charge >= 0.3 is 5.97 Å². The molecular weight excluding hydrogens is 208 g/mol. The number of aliphatic carboxylic acids is 1. The van der Waals surface area contributed by atoms with Crippen molar-refractivity contribution in [3.05, 3.63) is 17.2 Å². The molecule has 0 aliphatic carbocycles. The highest BCUT2D eigenvalue weighted by Gasteiger charge is 1.99. The Hall–Kier alpha value is -0.880. The molecular formula is C7H8N2O2S2. The van der Waals surface area contributed by atoms with E-state index in [1.54, 1.807) is 18.5 Å². The summed E-state index contributed by atoms with van der Waals surface area (Å²) in [6.07, 6.45) is 1.66. The molecule has 70 valence electrons. The van der Waals surface area contributed by atoms with Crippen LogP contribution in [0.5, 0.6) is 0 Å². The molecule has 0 saturated carbocycles. The third kappa shape index (κ3) is 3.56. The molecule has 1 aromatic rings. The number of aromatic nitrogens is 2. The van der Waals surface area contributed by atoms with Gasteiger partial charge in [0, 0.05) is 11.3 Å². The zero-order valence-electron chi connectivity index (χ0n) is 6.93. The maximum Gasteiger partial charge on any atom is 0.330 e. The van der Waals surface area contributed by atoms with Crippen LogP contribution in [-0.4, -0.2) is 27.0 Å². The lowest BCUT2D eigenvalue weighted by Crippen LogP contribution is -1.96. The smallest absolute Gasteiger partial charge is 0.330 e. The van der Waals surface area contributed by atoms with E-state index in [9.17, 15) is 4.79 Å². The summed E-state index contributed by atoms with van der Waals surface area (Å²) in [6.45, 7) is 1.57. The molecule has 0 saturated heterocycles. The van der Waals surface area contributed by atoms with Crippen LogP contribution in [0.4, 0.5) is 0 Å². The van der Waals surface area contributed by atoms with Gasteiger partial charge < -0.3 is 5.11 Å². The van der Waals surface area contributed by atoms with Gasteiger partial charge in [-0.15, -0.1) is 10.2 Å². The first-order chi connectivity index (χ1) is 6.20. The van der Waals surface area contributed by atoms with Gasteiger partial charge in [-0.3, -0.25) is 0 Å². The predicted octanol–water partition coefficient (Wildman–Crippen LogP) is 1.66. The summed E-state index contributed by atoms with van der Waals surface area (Å²) in [5, 5.41) is 16.0. The van der Waals surface area contributed by atoms with Crippen molar-refractivity contribution in [2.75, 3.05) is 5.75 Å². The molecule has 1 N–H and O–H groups in total. The molecule has 0 atom stereocenters. The maximum absolute atomic E-state index is 10.4. The first kappa shape index (κ1) is 10.2. The second kappa shape index (κ2) is 4.98. The predicted molar refractivity (Wildman–Crippen MR) is 52.0 cm³/mol. The lowest BCUT2D eigenvalue weighted by Gasteiger charge is -1.92. The number of hydrogen-bond acceptors (Lipinski definition) is 5. The summed E-state index contributed by atoms with van der Waals surface area (Å²) in [5.74, 6) is -0.259. The van der Waals surface area contributed by atoms with Crippen LogP contribution in [0.3, 0.4) is 0 Å². The minimum Gasteiger partial charge on any atom is -0.478 e. The highest BCUT2D eigenvalue weighted by molar-refractivity contribution is 8.01. The van der Waals surface area contributed by atoms with Crippen LogP contribution < -0.4 is 0 Å². The Balaban J connectivity index is 2.36. The fraction of sp³-hybridized carbons (Fsp3) is 0.286. The van der Waals surface area contributed by atoms with Gasteiger partial charge in [0.25, 0.3) is 0 Å². The normalized spacial score (nSPS) is 11.6. The summed E-state index contributed by atoms with van der Waals surface area (Å²) in [5.41, 5.74) is 2.01. The van der Waals surface area contributed by atoms with E-state index in [2.05, 4.69) is 10.2 Å². The summed E-state index contributed by atoms with van der Waals surface area (Å²) >= 11 is 2.93. The Labute approximate surface area is 83.7 Å². The highest BCUT2D eigenvalue weighted by atomic mass is 32.2. The zero-order valence-corrected chi connectivity index (χ0v) is 8.56. The number of hydrogen-bond donors (Lipinski definition) is 1. The van der Waals surface area contributed by atoms with Crippen LogP contribution in [0.1, 0.15) is 6.92 Å². The summed E-state index contributed by atoms with van der Waals surface area (Å²) in [4.78, 5) is 10.4. The second-order valence-corrected chi connectivity index (χ2v) is 4.31. The number of nitrogens with zero attached hydrogens (tertiary/aromatic N) is 2. The van der Waals surface area contributed by atoms with Crippen LogP contribution >= 0.6 is 23.1 Å². The standard InChI is InChI=1S/C7H8N2O2S2/c1-5(6(10)11)2-3-12-7-9-8-4-13-7/h2,4H,3H2,1H3,(H,10,11). The van der Waals surface area contributed by atoms with Gasteiger partial charge in [0.2, 0.25) is 0 Å². The average Bonchev–Trinajstić information content (AvgIpc) is 2.56. The van der Waals surface area contributed by atoms with Crippen molar-refractivity contribution < 1.29 is 9.90 Å². The molecule has 0 aliphatic heterocycles. The van der Waals surface area contributed by atoms with Crippen molar-refractivity contribution in [1.82, 2.24) is 10.2 Å². The Morgan fingerprint density at radius 2 is 2.62 bits per heavy atom. The van der Waals surface area contributed by atoms with E-state index < -0.39 is 5.97 Å². The van der Waals surface area contributed by atoms with Gasteiger partial charge in [0.1, 0.15) is 5.51 Å². The number of rotatable bonds is 4. The Bertz CT molecular complexity index is 308. The number of carboxylic acids is 1. The van der Waals surface area contributed by atoms with Crippen molar-refractivity contribution in [1.29, 1.82) is 0 Å². The monoisotopic (exact) mass is 216 g/mol. The molecule has 0 fully saturated rings. The topological polar surface area (TPSA) is 63.1 Å². The second-order valence-electron chi connectivity index (χ2n) is 2.21. The van der Waals surface area contributed by atoms with Gasteiger partial charge in [0.15, 0.2) is 4.34 Å². The minimum atomic E-state index is -0.877. The molecule has 0 unspecified atom stereocenters. The molecule has 13 heavy (non-hydrogen) atoms. The minimum absolute atomic E-state index is 0.358. The number of carbonyl (C=O) groups is 1. The van der Waals surface area contributed by atoms with E-state index in [4.69, 9.17) is 5.11 Å². The maximum atomic E-state index is 10.4. The van der Waals surface area contributed by atoms with E-state index >= 15 is 0 Å². The summed E-state index contributed by atoms with van der Waals surface area (Å²) in [7, 11) is 0. The van der Waals surface area contributed by atoms with E-state index in [0.29, 0.717) is 11.3 Å². The van der Waals surface area contributed by atoms with Crippen molar-refractivity contribution in [3.63, 3.8) is 0 Å². The van der Waals surface area contributed by atoms with E-state index in [1.165, 1.54) is 23.1 Å². The molecule has 0 amide bonds. The molecule has 1 heterocycles. The molecule has 4 nitrogen and oxygen atoms in total. The van der Waals surface area contributed by atoms with Crippen molar-refractivity contribution in [3.8, 4) is 0 Å². The van der Waals surface area contributed by atoms with E-state index in [1.807, 2.05) is 0 Å². The molecule has 1 rings (SSSR count). The fourth-order valence-corrected chi connectivity index (χ4v) is 2.02. The molecule has 0 radical (unpaired) electrons. The van der Waals surface area contributed by atoms with Crippen molar-refractivity contribution in [2.24, 2.45) is 0 Å². The van der Waals surface area contributed by atoms with Crippen LogP contribution in [0.2, 0.25) is 0 Å². The van der Waals surface area contributed by atoms with Crippen molar-refractivity contribution in [2.45, 2.75) is 11.3 Å². The molecule has 0 spiro atoms. The van der Waals surface area contributed by atoms with Crippen LogP contribution in [0, 0.1) is 0 Å². The van der Waals surface area contributed by atoms with Crippen LogP contribution in [0.15, 0.2) is 21.5 Å². The van der Waals surface area contributed by atoms with Gasteiger partial charge in [0.05, 0.1) is 0 Å². The SMILES string of the molecule is CC(=CCSc1nncs1)C(=O)O. The van der Waals surface area contributed by atoms with E-state index in [-0.39, 0.29) is 0 Å². The zero-order chi connectivity index (χ0) is 9.68. The molecule has 6 heteroatoms. The largest absolute Gasteiger partial charge is 0.478 e. The lowest BCUT2D eigenvalue weighted by molar-refractivity contribution is -0.132. The summed E-state index contributed by atoms with van der Waals surface area (Å²) < 4.78 is 0.856. The Kier molecular flexibility index (Phi) is 3.91. The Morgan fingerprint density at radius 1 is 1.85 bits per heavy atom. The summed E-state index contributed by atoms with van der Waals surface area (Å²) in [6, 6.07) is 0. The third-order valence-corrected chi connectivity index (χ3v) is 3.06. The first-order valence-electron chi connectivity index (χ1n) is 3.49. The van der Waals surface area contributed by atoms with E-state index in [0.717, 1.165) is 4.34 Å². The van der Waals surface area contributed by atoms with Gasteiger partial charge in [-0.2, -0.15) is 0 Å². The molecule has 0 aliphatic rings. The Morgan fingerprint density at radius 3 is 3.15 bits per heavy atom. The van der Waals surface area contributed by atoms with Crippen molar-refractivity contribution >= 4 is 29.1 Å². The lowest BCUT2D eigenvalue weighted by atomic mass is 10.3. The number of thioether (sulfide) groups is 1. The fourth-order valence-electron chi connectivity index (χ4n) is 0.551. The average molecular weight is 216 g/mol. The van der Waals surface area contributed by atoms with Crippen LogP contribution in [0.25, 0.3) is 0 Å². The molecule has 0 bridgehead atoms. The third-order valence-electron chi connectivity index (χ3n) is 1.27. The quantitative estimate of drug-likeness (QED) is 0.612. The molecule has 0 aromatic carbocycles. The van der Waals surface area contributed by atoms with Gasteiger partial charge in [-0.05, 0) is 6.92 Å². The highest BCUT2D eigenvalue weighted by Crippen LogP contribution is 2.19. The van der Waals surface area contributed by atoms with Crippen LogP contribution in [-0.2, 0) is 4.79 Å². The van der Waals surface area contributed by atoms with Gasteiger partial charge in [-0.1, -0.05) is 29.2 Å². The molecule has 1 aromatic heterocycles. The first-order valence-corrected chi connectivity index (χ1v) is 5.35. The number of carboxylic acid groups (broad SMARTS) is 1.